The van der Waals surface area contributed by atoms with Crippen LogP contribution in [0.2, 0.25) is 0 Å². The molecular formula is C13H22N2O. The van der Waals surface area contributed by atoms with Gasteiger partial charge in [0.25, 0.3) is 0 Å². The van der Waals surface area contributed by atoms with E-state index in [4.69, 9.17) is 4.74 Å². The summed E-state index contributed by atoms with van der Waals surface area (Å²) in [7, 11) is 3.84. The van der Waals surface area contributed by atoms with Crippen molar-refractivity contribution in [3.63, 3.8) is 0 Å². The van der Waals surface area contributed by atoms with Crippen molar-refractivity contribution in [3.8, 4) is 5.75 Å². The molecule has 1 aromatic carbocycles. The Labute approximate surface area is 98.4 Å². The molecule has 0 heterocycles. The lowest BCUT2D eigenvalue weighted by Gasteiger charge is -2.17. The molecule has 0 amide bonds. The number of rotatable bonds is 7. The van der Waals surface area contributed by atoms with E-state index in [0.717, 1.165) is 31.9 Å². The summed E-state index contributed by atoms with van der Waals surface area (Å²) in [4.78, 5) is 2.30. The molecule has 0 saturated heterocycles. The highest BCUT2D eigenvalue weighted by molar-refractivity contribution is 5.28. The van der Waals surface area contributed by atoms with Crippen LogP contribution in [-0.4, -0.2) is 38.7 Å². The Hall–Kier alpha value is -1.06. The van der Waals surface area contributed by atoms with E-state index in [9.17, 15) is 0 Å². The van der Waals surface area contributed by atoms with Gasteiger partial charge in [0.1, 0.15) is 5.75 Å². The standard InChI is InChI=1S/C13H22N2O/c1-4-14-8-9-15(2)11-12-6-5-7-13(10-12)16-3/h5-7,10,14H,4,8-9,11H2,1-3H3. The molecule has 90 valence electrons. The van der Waals surface area contributed by atoms with E-state index in [-0.39, 0.29) is 0 Å². The Bertz CT molecular complexity index is 302. The maximum Gasteiger partial charge on any atom is 0.119 e. The van der Waals surface area contributed by atoms with Gasteiger partial charge in [0.15, 0.2) is 0 Å². The fourth-order valence-electron chi connectivity index (χ4n) is 1.61. The molecule has 0 saturated carbocycles. The molecule has 0 radical (unpaired) electrons. The molecule has 0 fully saturated rings. The van der Waals surface area contributed by atoms with Crippen LogP contribution in [0.4, 0.5) is 0 Å². The van der Waals surface area contributed by atoms with Crippen molar-refractivity contribution in [2.75, 3.05) is 33.8 Å². The fraction of sp³-hybridized carbons (Fsp3) is 0.538. The molecule has 0 unspecified atom stereocenters. The van der Waals surface area contributed by atoms with Crippen LogP contribution in [-0.2, 0) is 6.54 Å². The van der Waals surface area contributed by atoms with Gasteiger partial charge in [-0.05, 0) is 31.3 Å². The summed E-state index contributed by atoms with van der Waals surface area (Å²) in [6, 6.07) is 8.23. The van der Waals surface area contributed by atoms with Crippen molar-refractivity contribution in [2.24, 2.45) is 0 Å². The molecule has 3 heteroatoms. The lowest BCUT2D eigenvalue weighted by atomic mass is 10.2. The summed E-state index contributed by atoms with van der Waals surface area (Å²) < 4.78 is 5.20. The van der Waals surface area contributed by atoms with Crippen LogP contribution in [0.3, 0.4) is 0 Å². The highest BCUT2D eigenvalue weighted by Gasteiger charge is 2.00. The van der Waals surface area contributed by atoms with Gasteiger partial charge in [-0.15, -0.1) is 0 Å². The summed E-state index contributed by atoms with van der Waals surface area (Å²) in [6.45, 7) is 6.22. The van der Waals surface area contributed by atoms with Gasteiger partial charge in [-0.2, -0.15) is 0 Å². The highest BCUT2D eigenvalue weighted by Crippen LogP contribution is 2.13. The Kier molecular flexibility index (Phi) is 5.90. The van der Waals surface area contributed by atoms with Gasteiger partial charge in [0.05, 0.1) is 7.11 Å². The molecule has 1 N–H and O–H groups in total. The molecule has 0 spiro atoms. The van der Waals surface area contributed by atoms with Gasteiger partial charge in [-0.3, -0.25) is 0 Å². The summed E-state index contributed by atoms with van der Waals surface area (Å²) >= 11 is 0. The molecule has 0 aliphatic heterocycles. The molecule has 3 nitrogen and oxygen atoms in total. The lowest BCUT2D eigenvalue weighted by molar-refractivity contribution is 0.324. The van der Waals surface area contributed by atoms with Crippen LogP contribution >= 0.6 is 0 Å². The minimum Gasteiger partial charge on any atom is -0.497 e. The van der Waals surface area contributed by atoms with Crippen molar-refractivity contribution in [1.29, 1.82) is 0 Å². The smallest absolute Gasteiger partial charge is 0.119 e. The van der Waals surface area contributed by atoms with Crippen LogP contribution in [0.5, 0.6) is 5.75 Å². The van der Waals surface area contributed by atoms with E-state index in [1.807, 2.05) is 12.1 Å². The molecule has 0 aromatic heterocycles. The van der Waals surface area contributed by atoms with Crippen LogP contribution in [0.1, 0.15) is 12.5 Å². The molecule has 0 bridgehead atoms. The van der Waals surface area contributed by atoms with Crippen LogP contribution in [0, 0.1) is 0 Å². The van der Waals surface area contributed by atoms with E-state index in [1.54, 1.807) is 7.11 Å². The second-order valence-electron chi connectivity index (χ2n) is 3.94. The minimum absolute atomic E-state index is 0.928. The Balaban J connectivity index is 2.39. The predicted octanol–water partition coefficient (Wildman–Crippen LogP) is 1.74. The molecule has 0 aliphatic carbocycles. The zero-order valence-corrected chi connectivity index (χ0v) is 10.5. The van der Waals surface area contributed by atoms with E-state index < -0.39 is 0 Å². The van der Waals surface area contributed by atoms with Crippen LogP contribution < -0.4 is 10.1 Å². The number of hydrogen-bond donors (Lipinski definition) is 1. The SMILES string of the molecule is CCNCCN(C)Cc1cccc(OC)c1. The third-order valence-electron chi connectivity index (χ3n) is 2.51. The van der Waals surface area contributed by atoms with Gasteiger partial charge in [0, 0.05) is 19.6 Å². The second kappa shape index (κ2) is 7.25. The number of methoxy groups -OCH3 is 1. The van der Waals surface area contributed by atoms with Crippen molar-refractivity contribution < 1.29 is 4.74 Å². The Morgan fingerprint density at radius 1 is 1.38 bits per heavy atom. The largest absolute Gasteiger partial charge is 0.497 e. The fourth-order valence-corrected chi connectivity index (χ4v) is 1.61. The zero-order chi connectivity index (χ0) is 11.8. The van der Waals surface area contributed by atoms with Gasteiger partial charge in [0.2, 0.25) is 0 Å². The average molecular weight is 222 g/mol. The highest BCUT2D eigenvalue weighted by atomic mass is 16.5. The Morgan fingerprint density at radius 3 is 2.88 bits per heavy atom. The third-order valence-corrected chi connectivity index (χ3v) is 2.51. The molecule has 16 heavy (non-hydrogen) atoms. The lowest BCUT2D eigenvalue weighted by Crippen LogP contribution is -2.28. The van der Waals surface area contributed by atoms with Gasteiger partial charge in [-0.25, -0.2) is 0 Å². The molecule has 1 aromatic rings. The van der Waals surface area contributed by atoms with E-state index in [1.165, 1.54) is 5.56 Å². The monoisotopic (exact) mass is 222 g/mol. The quantitative estimate of drug-likeness (QED) is 0.711. The van der Waals surface area contributed by atoms with Gasteiger partial charge < -0.3 is 15.0 Å². The topological polar surface area (TPSA) is 24.5 Å². The van der Waals surface area contributed by atoms with Crippen molar-refractivity contribution in [1.82, 2.24) is 10.2 Å². The first-order valence-corrected chi connectivity index (χ1v) is 5.78. The number of ether oxygens (including phenoxy) is 1. The zero-order valence-electron chi connectivity index (χ0n) is 10.5. The molecule has 0 atom stereocenters. The van der Waals surface area contributed by atoms with Crippen molar-refractivity contribution >= 4 is 0 Å². The second-order valence-corrected chi connectivity index (χ2v) is 3.94. The molecule has 0 aliphatic rings. The predicted molar refractivity (Wildman–Crippen MR) is 67.9 cm³/mol. The summed E-state index contributed by atoms with van der Waals surface area (Å²) in [6.07, 6.45) is 0. The average Bonchev–Trinajstić information content (AvgIpc) is 2.29. The molecule has 1 rings (SSSR count). The van der Waals surface area contributed by atoms with E-state index >= 15 is 0 Å². The van der Waals surface area contributed by atoms with E-state index in [0.29, 0.717) is 0 Å². The molecular weight excluding hydrogens is 200 g/mol. The first kappa shape index (κ1) is 13.0. The maximum atomic E-state index is 5.20. The summed E-state index contributed by atoms with van der Waals surface area (Å²) in [5.41, 5.74) is 1.29. The van der Waals surface area contributed by atoms with Crippen LogP contribution in [0.25, 0.3) is 0 Å². The number of likely N-dealkylation sites (N-methyl/N-ethyl adjacent to an activating group) is 2. The number of nitrogens with zero attached hydrogens (tertiary/aromatic N) is 1. The van der Waals surface area contributed by atoms with Gasteiger partial charge in [-0.1, -0.05) is 19.1 Å². The number of benzene rings is 1. The normalized spacial score (nSPS) is 10.8. The first-order valence-electron chi connectivity index (χ1n) is 5.78. The summed E-state index contributed by atoms with van der Waals surface area (Å²) in [5.74, 6) is 0.928. The third kappa shape index (κ3) is 4.64. The summed E-state index contributed by atoms with van der Waals surface area (Å²) in [5, 5.41) is 3.32. The van der Waals surface area contributed by atoms with Crippen molar-refractivity contribution in [3.05, 3.63) is 29.8 Å². The number of hydrogen-bond acceptors (Lipinski definition) is 3. The minimum atomic E-state index is 0.928. The maximum absolute atomic E-state index is 5.20. The first-order chi connectivity index (χ1) is 7.76. The van der Waals surface area contributed by atoms with Crippen molar-refractivity contribution in [2.45, 2.75) is 13.5 Å². The van der Waals surface area contributed by atoms with Crippen LogP contribution in [0.15, 0.2) is 24.3 Å². The Morgan fingerprint density at radius 2 is 2.19 bits per heavy atom. The van der Waals surface area contributed by atoms with Gasteiger partial charge >= 0.3 is 0 Å². The van der Waals surface area contributed by atoms with E-state index in [2.05, 4.69) is 36.3 Å². The number of nitrogens with one attached hydrogen (secondary N) is 1.